The first kappa shape index (κ1) is 12.6. The zero-order valence-corrected chi connectivity index (χ0v) is 10.5. The van der Waals surface area contributed by atoms with Gasteiger partial charge in [-0.3, -0.25) is 0 Å². The molecule has 1 aromatic rings. The number of aliphatic hydroxyl groups is 1. The molecule has 2 heterocycles. The molecule has 17 heavy (non-hydrogen) atoms. The smallest absolute Gasteiger partial charge is 0.0501 e. The third kappa shape index (κ3) is 3.09. The van der Waals surface area contributed by atoms with Crippen LogP contribution < -0.4 is 5.32 Å². The van der Waals surface area contributed by atoms with Crippen LogP contribution in [0.25, 0.3) is 0 Å². The average Bonchev–Trinajstić information content (AvgIpc) is 2.76. The van der Waals surface area contributed by atoms with E-state index in [0.29, 0.717) is 0 Å². The standard InChI is InChI=1S/C13H22N2O2/c1-15-6-2-3-12(15)9-14-10-13(11-16)4-7-17-8-5-13/h2-3,6,14,16H,4-5,7-11H2,1H3. The summed E-state index contributed by atoms with van der Waals surface area (Å²) >= 11 is 0. The van der Waals surface area contributed by atoms with E-state index in [2.05, 4.69) is 16.0 Å². The van der Waals surface area contributed by atoms with Gasteiger partial charge in [-0.1, -0.05) is 0 Å². The van der Waals surface area contributed by atoms with E-state index in [9.17, 15) is 5.11 Å². The summed E-state index contributed by atoms with van der Waals surface area (Å²) < 4.78 is 7.47. The van der Waals surface area contributed by atoms with Crippen molar-refractivity contribution in [3.05, 3.63) is 24.0 Å². The van der Waals surface area contributed by atoms with Crippen LogP contribution in [0.3, 0.4) is 0 Å². The van der Waals surface area contributed by atoms with Crippen molar-refractivity contribution in [1.82, 2.24) is 9.88 Å². The predicted molar refractivity (Wildman–Crippen MR) is 66.7 cm³/mol. The molecule has 0 atom stereocenters. The molecule has 96 valence electrons. The van der Waals surface area contributed by atoms with Gasteiger partial charge < -0.3 is 19.7 Å². The third-order valence-corrected chi connectivity index (χ3v) is 3.75. The maximum atomic E-state index is 9.55. The minimum atomic E-state index is 0.0173. The predicted octanol–water partition coefficient (Wildman–Crippen LogP) is 0.904. The quantitative estimate of drug-likeness (QED) is 0.801. The molecule has 2 N–H and O–H groups in total. The Kier molecular flexibility index (Phi) is 4.20. The highest BCUT2D eigenvalue weighted by molar-refractivity contribution is 5.06. The van der Waals surface area contributed by atoms with Gasteiger partial charge in [0, 0.05) is 50.7 Å². The van der Waals surface area contributed by atoms with Gasteiger partial charge in [-0.2, -0.15) is 0 Å². The number of aryl methyl sites for hydroxylation is 1. The van der Waals surface area contributed by atoms with E-state index in [1.165, 1.54) is 5.69 Å². The normalized spacial score (nSPS) is 19.4. The molecule has 0 radical (unpaired) electrons. The molecule has 1 aliphatic rings. The second kappa shape index (κ2) is 5.67. The van der Waals surface area contributed by atoms with Crippen LogP contribution >= 0.6 is 0 Å². The zero-order chi connectivity index (χ0) is 12.1. The fourth-order valence-corrected chi connectivity index (χ4v) is 2.33. The first-order valence-corrected chi connectivity index (χ1v) is 6.25. The van der Waals surface area contributed by atoms with Crippen LogP contribution in [0.5, 0.6) is 0 Å². The van der Waals surface area contributed by atoms with Gasteiger partial charge in [-0.05, 0) is 25.0 Å². The van der Waals surface area contributed by atoms with E-state index in [0.717, 1.165) is 39.1 Å². The van der Waals surface area contributed by atoms with E-state index >= 15 is 0 Å². The van der Waals surface area contributed by atoms with Crippen molar-refractivity contribution in [3.8, 4) is 0 Å². The molecule has 2 rings (SSSR count). The average molecular weight is 238 g/mol. The van der Waals surface area contributed by atoms with Crippen molar-refractivity contribution in [3.63, 3.8) is 0 Å². The van der Waals surface area contributed by atoms with E-state index in [4.69, 9.17) is 4.74 Å². The second-order valence-corrected chi connectivity index (χ2v) is 4.98. The summed E-state index contributed by atoms with van der Waals surface area (Å²) in [5, 5.41) is 13.0. The molecule has 0 aliphatic carbocycles. The molecule has 4 heteroatoms. The van der Waals surface area contributed by atoms with Gasteiger partial charge in [-0.25, -0.2) is 0 Å². The molecule has 0 amide bonds. The molecule has 1 aromatic heterocycles. The van der Waals surface area contributed by atoms with E-state index in [-0.39, 0.29) is 12.0 Å². The van der Waals surface area contributed by atoms with Crippen LogP contribution in [0.4, 0.5) is 0 Å². The summed E-state index contributed by atoms with van der Waals surface area (Å²) in [4.78, 5) is 0. The Morgan fingerprint density at radius 1 is 1.47 bits per heavy atom. The third-order valence-electron chi connectivity index (χ3n) is 3.75. The number of aliphatic hydroxyl groups excluding tert-OH is 1. The number of hydrogen-bond donors (Lipinski definition) is 2. The Bertz CT molecular complexity index is 343. The molecule has 4 nitrogen and oxygen atoms in total. The van der Waals surface area contributed by atoms with E-state index in [1.54, 1.807) is 0 Å². The molecule has 0 bridgehead atoms. The Morgan fingerprint density at radius 3 is 2.82 bits per heavy atom. The molecule has 0 spiro atoms. The lowest BCUT2D eigenvalue weighted by atomic mass is 9.81. The summed E-state index contributed by atoms with van der Waals surface area (Å²) in [7, 11) is 2.05. The summed E-state index contributed by atoms with van der Waals surface area (Å²) in [5.41, 5.74) is 1.29. The summed E-state index contributed by atoms with van der Waals surface area (Å²) in [6.07, 6.45) is 3.94. The van der Waals surface area contributed by atoms with Gasteiger partial charge >= 0.3 is 0 Å². The number of ether oxygens (including phenoxy) is 1. The Labute approximate surface area is 103 Å². The highest BCUT2D eigenvalue weighted by Gasteiger charge is 2.31. The Morgan fingerprint density at radius 2 is 2.24 bits per heavy atom. The number of nitrogens with zero attached hydrogens (tertiary/aromatic N) is 1. The van der Waals surface area contributed by atoms with Gasteiger partial charge in [0.15, 0.2) is 0 Å². The summed E-state index contributed by atoms with van der Waals surface area (Å²) in [6, 6.07) is 4.16. The Balaban J connectivity index is 1.82. The van der Waals surface area contributed by atoms with Crippen molar-refractivity contribution in [2.24, 2.45) is 12.5 Å². The molecule has 1 aliphatic heterocycles. The van der Waals surface area contributed by atoms with Crippen LogP contribution in [0, 0.1) is 5.41 Å². The number of aromatic nitrogens is 1. The summed E-state index contributed by atoms with van der Waals surface area (Å²) in [5.74, 6) is 0. The molecule has 1 saturated heterocycles. The number of nitrogens with one attached hydrogen (secondary N) is 1. The van der Waals surface area contributed by atoms with Gasteiger partial charge in [-0.15, -0.1) is 0 Å². The minimum Gasteiger partial charge on any atom is -0.396 e. The molecular weight excluding hydrogens is 216 g/mol. The van der Waals surface area contributed by atoms with Gasteiger partial charge in [0.05, 0.1) is 6.61 Å². The first-order valence-electron chi connectivity index (χ1n) is 6.25. The molecular formula is C13H22N2O2. The second-order valence-electron chi connectivity index (χ2n) is 4.98. The lowest BCUT2D eigenvalue weighted by molar-refractivity contribution is -0.0154. The Hall–Kier alpha value is -0.840. The first-order chi connectivity index (χ1) is 8.26. The molecule has 0 unspecified atom stereocenters. The number of hydrogen-bond acceptors (Lipinski definition) is 3. The van der Waals surface area contributed by atoms with Crippen molar-refractivity contribution in [1.29, 1.82) is 0 Å². The lowest BCUT2D eigenvalue weighted by Gasteiger charge is -2.35. The fourth-order valence-electron chi connectivity index (χ4n) is 2.33. The zero-order valence-electron chi connectivity index (χ0n) is 10.5. The molecule has 1 fully saturated rings. The van der Waals surface area contributed by atoms with Gasteiger partial charge in [0.1, 0.15) is 0 Å². The summed E-state index contributed by atoms with van der Waals surface area (Å²) in [6.45, 7) is 3.50. The maximum absolute atomic E-state index is 9.55. The lowest BCUT2D eigenvalue weighted by Crippen LogP contribution is -2.41. The van der Waals surface area contributed by atoms with Gasteiger partial charge in [0.2, 0.25) is 0 Å². The van der Waals surface area contributed by atoms with Crippen LogP contribution in [0.15, 0.2) is 18.3 Å². The number of rotatable bonds is 5. The van der Waals surface area contributed by atoms with E-state index in [1.807, 2.05) is 19.3 Å². The topological polar surface area (TPSA) is 46.4 Å². The maximum Gasteiger partial charge on any atom is 0.0501 e. The van der Waals surface area contributed by atoms with Crippen molar-refractivity contribution < 1.29 is 9.84 Å². The molecule has 0 aromatic carbocycles. The minimum absolute atomic E-state index is 0.0173. The highest BCUT2D eigenvalue weighted by atomic mass is 16.5. The van der Waals surface area contributed by atoms with Gasteiger partial charge in [0.25, 0.3) is 0 Å². The highest BCUT2D eigenvalue weighted by Crippen LogP contribution is 2.29. The van der Waals surface area contributed by atoms with Crippen molar-refractivity contribution >= 4 is 0 Å². The fraction of sp³-hybridized carbons (Fsp3) is 0.692. The van der Waals surface area contributed by atoms with Crippen molar-refractivity contribution in [2.75, 3.05) is 26.4 Å². The van der Waals surface area contributed by atoms with E-state index < -0.39 is 0 Å². The monoisotopic (exact) mass is 238 g/mol. The van der Waals surface area contributed by atoms with Crippen molar-refractivity contribution in [2.45, 2.75) is 19.4 Å². The van der Waals surface area contributed by atoms with Crippen LogP contribution in [-0.4, -0.2) is 36.0 Å². The molecule has 0 saturated carbocycles. The van der Waals surface area contributed by atoms with Crippen LogP contribution in [-0.2, 0) is 18.3 Å². The van der Waals surface area contributed by atoms with Crippen LogP contribution in [0.1, 0.15) is 18.5 Å². The largest absolute Gasteiger partial charge is 0.396 e. The van der Waals surface area contributed by atoms with Crippen LogP contribution in [0.2, 0.25) is 0 Å². The SMILES string of the molecule is Cn1cccc1CNCC1(CO)CCOCC1.